The minimum absolute atomic E-state index is 0.302. The SMILES string of the molecule is Cc1nnc(N2CCCCC2C)c(C(=O)O)c1C. The Labute approximate surface area is 107 Å². The standard InChI is InChI=1S/C13H19N3O2/c1-8-6-4-5-7-16(8)12-11(13(17)18)9(2)10(3)14-15-12/h8H,4-7H2,1-3H3,(H,17,18). The van der Waals surface area contributed by atoms with Crippen molar-refractivity contribution < 1.29 is 9.90 Å². The number of rotatable bonds is 2. The molecule has 0 radical (unpaired) electrons. The molecule has 1 aliphatic rings. The fraction of sp³-hybridized carbons (Fsp3) is 0.615. The van der Waals surface area contributed by atoms with Crippen LogP contribution in [0.2, 0.25) is 0 Å². The number of carbonyl (C=O) groups is 1. The van der Waals surface area contributed by atoms with Crippen LogP contribution in [0.1, 0.15) is 47.8 Å². The third-order valence-electron chi connectivity index (χ3n) is 3.72. The zero-order chi connectivity index (χ0) is 13.3. The van der Waals surface area contributed by atoms with Crippen molar-refractivity contribution in [2.24, 2.45) is 0 Å². The minimum atomic E-state index is -0.918. The van der Waals surface area contributed by atoms with Gasteiger partial charge in [-0.15, -0.1) is 5.10 Å². The van der Waals surface area contributed by atoms with E-state index >= 15 is 0 Å². The molecule has 5 nitrogen and oxygen atoms in total. The van der Waals surface area contributed by atoms with E-state index in [9.17, 15) is 9.90 Å². The van der Waals surface area contributed by atoms with Gasteiger partial charge in [-0.2, -0.15) is 5.10 Å². The number of anilines is 1. The van der Waals surface area contributed by atoms with Crippen LogP contribution in [0.3, 0.4) is 0 Å². The van der Waals surface area contributed by atoms with Gasteiger partial charge in [0.25, 0.3) is 0 Å². The summed E-state index contributed by atoms with van der Waals surface area (Å²) in [5.41, 5.74) is 1.70. The summed E-state index contributed by atoms with van der Waals surface area (Å²) < 4.78 is 0. The first-order valence-corrected chi connectivity index (χ1v) is 6.36. The Hall–Kier alpha value is -1.65. The smallest absolute Gasteiger partial charge is 0.339 e. The lowest BCUT2D eigenvalue weighted by molar-refractivity contribution is 0.0695. The fourth-order valence-electron chi connectivity index (χ4n) is 2.47. The van der Waals surface area contributed by atoms with Crippen molar-refractivity contribution in [3.8, 4) is 0 Å². The molecule has 1 atom stereocenters. The number of piperidine rings is 1. The van der Waals surface area contributed by atoms with Crippen LogP contribution in [0.25, 0.3) is 0 Å². The number of aromatic nitrogens is 2. The Morgan fingerprint density at radius 2 is 2.06 bits per heavy atom. The van der Waals surface area contributed by atoms with Crippen molar-refractivity contribution in [2.45, 2.75) is 46.1 Å². The second-order valence-corrected chi connectivity index (χ2v) is 4.95. The van der Waals surface area contributed by atoms with Crippen LogP contribution in [0.4, 0.5) is 5.82 Å². The van der Waals surface area contributed by atoms with E-state index in [1.165, 1.54) is 6.42 Å². The van der Waals surface area contributed by atoms with Gasteiger partial charge in [-0.25, -0.2) is 4.79 Å². The highest BCUT2D eigenvalue weighted by atomic mass is 16.4. The normalized spacial score (nSPS) is 19.9. The average molecular weight is 249 g/mol. The van der Waals surface area contributed by atoms with E-state index in [2.05, 4.69) is 22.0 Å². The lowest BCUT2D eigenvalue weighted by Crippen LogP contribution is -2.39. The summed E-state index contributed by atoms with van der Waals surface area (Å²) in [6.07, 6.45) is 3.35. The second kappa shape index (κ2) is 4.92. The maximum atomic E-state index is 11.4. The van der Waals surface area contributed by atoms with Crippen LogP contribution in [0.15, 0.2) is 0 Å². The average Bonchev–Trinajstić information content (AvgIpc) is 2.33. The number of hydrogen-bond acceptors (Lipinski definition) is 4. The Morgan fingerprint density at radius 1 is 1.33 bits per heavy atom. The number of hydrogen-bond donors (Lipinski definition) is 1. The van der Waals surface area contributed by atoms with Gasteiger partial charge in [-0.1, -0.05) is 0 Å². The van der Waals surface area contributed by atoms with Gasteiger partial charge in [-0.3, -0.25) is 0 Å². The summed E-state index contributed by atoms with van der Waals surface area (Å²) in [4.78, 5) is 13.5. The number of carboxylic acid groups (broad SMARTS) is 1. The predicted molar refractivity (Wildman–Crippen MR) is 69.1 cm³/mol. The first-order valence-electron chi connectivity index (χ1n) is 6.36. The van der Waals surface area contributed by atoms with E-state index in [4.69, 9.17) is 0 Å². The summed E-state index contributed by atoms with van der Waals surface area (Å²) in [6.45, 7) is 6.56. The predicted octanol–water partition coefficient (Wildman–Crippen LogP) is 2.17. The number of aromatic carboxylic acids is 1. The first kappa shape index (κ1) is 12.8. The van der Waals surface area contributed by atoms with Gasteiger partial charge in [0.15, 0.2) is 5.82 Å². The van der Waals surface area contributed by atoms with Gasteiger partial charge in [-0.05, 0) is 45.6 Å². The minimum Gasteiger partial charge on any atom is -0.478 e. The molecule has 0 saturated carbocycles. The van der Waals surface area contributed by atoms with Crippen molar-refractivity contribution >= 4 is 11.8 Å². The third-order valence-corrected chi connectivity index (χ3v) is 3.72. The summed E-state index contributed by atoms with van der Waals surface area (Å²) in [6, 6.07) is 0.327. The van der Waals surface area contributed by atoms with E-state index in [0.717, 1.165) is 19.4 Å². The summed E-state index contributed by atoms with van der Waals surface area (Å²) >= 11 is 0. The molecule has 1 aromatic heterocycles. The van der Waals surface area contributed by atoms with E-state index in [1.54, 1.807) is 13.8 Å². The monoisotopic (exact) mass is 249 g/mol. The highest BCUT2D eigenvalue weighted by Gasteiger charge is 2.26. The zero-order valence-electron chi connectivity index (χ0n) is 11.1. The Kier molecular flexibility index (Phi) is 3.50. The van der Waals surface area contributed by atoms with E-state index in [-0.39, 0.29) is 0 Å². The highest BCUT2D eigenvalue weighted by molar-refractivity contribution is 5.95. The molecule has 0 bridgehead atoms. The summed E-state index contributed by atoms with van der Waals surface area (Å²) in [5.74, 6) is -0.393. The van der Waals surface area contributed by atoms with Gasteiger partial charge < -0.3 is 10.0 Å². The van der Waals surface area contributed by atoms with E-state index in [1.807, 2.05) is 0 Å². The molecule has 1 N–H and O–H groups in total. The van der Waals surface area contributed by atoms with Gasteiger partial charge in [0.2, 0.25) is 0 Å². The number of aryl methyl sites for hydroxylation is 1. The molecule has 1 aliphatic heterocycles. The second-order valence-electron chi connectivity index (χ2n) is 4.95. The summed E-state index contributed by atoms with van der Waals surface area (Å²) in [5, 5.41) is 17.6. The topological polar surface area (TPSA) is 66.3 Å². The molecule has 5 heteroatoms. The van der Waals surface area contributed by atoms with Crippen LogP contribution in [-0.2, 0) is 0 Å². The van der Waals surface area contributed by atoms with Crippen LogP contribution < -0.4 is 4.90 Å². The maximum absolute atomic E-state index is 11.4. The Morgan fingerprint density at radius 3 is 2.67 bits per heavy atom. The van der Waals surface area contributed by atoms with Crippen LogP contribution in [0, 0.1) is 13.8 Å². The van der Waals surface area contributed by atoms with E-state index in [0.29, 0.717) is 28.7 Å². The molecule has 1 unspecified atom stereocenters. The number of carboxylic acids is 1. The van der Waals surface area contributed by atoms with Gasteiger partial charge in [0, 0.05) is 12.6 Å². The molecule has 0 aromatic carbocycles. The largest absolute Gasteiger partial charge is 0.478 e. The molecule has 18 heavy (non-hydrogen) atoms. The van der Waals surface area contributed by atoms with Crippen molar-refractivity contribution in [3.05, 3.63) is 16.8 Å². The van der Waals surface area contributed by atoms with Gasteiger partial charge in [0.05, 0.1) is 5.69 Å². The molecule has 1 aromatic rings. The van der Waals surface area contributed by atoms with Crippen LogP contribution in [0.5, 0.6) is 0 Å². The van der Waals surface area contributed by atoms with Crippen LogP contribution >= 0.6 is 0 Å². The number of nitrogens with zero attached hydrogens (tertiary/aromatic N) is 3. The van der Waals surface area contributed by atoms with Crippen LogP contribution in [-0.4, -0.2) is 33.9 Å². The molecular formula is C13H19N3O2. The molecule has 2 rings (SSSR count). The highest BCUT2D eigenvalue weighted by Crippen LogP contribution is 2.28. The van der Waals surface area contributed by atoms with Gasteiger partial charge in [0.1, 0.15) is 5.56 Å². The van der Waals surface area contributed by atoms with Crippen molar-refractivity contribution in [3.63, 3.8) is 0 Å². The van der Waals surface area contributed by atoms with E-state index < -0.39 is 5.97 Å². The van der Waals surface area contributed by atoms with Gasteiger partial charge >= 0.3 is 5.97 Å². The fourth-order valence-corrected chi connectivity index (χ4v) is 2.47. The Bertz CT molecular complexity index is 474. The maximum Gasteiger partial charge on any atom is 0.339 e. The third kappa shape index (κ3) is 2.17. The van der Waals surface area contributed by atoms with Crippen molar-refractivity contribution in [2.75, 3.05) is 11.4 Å². The molecule has 2 heterocycles. The molecule has 98 valence electrons. The molecule has 1 fully saturated rings. The zero-order valence-corrected chi connectivity index (χ0v) is 11.1. The molecule has 1 saturated heterocycles. The Balaban J connectivity index is 2.49. The van der Waals surface area contributed by atoms with Crippen molar-refractivity contribution in [1.29, 1.82) is 0 Å². The molecule has 0 amide bonds. The first-order chi connectivity index (χ1) is 8.52. The molecular weight excluding hydrogens is 230 g/mol. The summed E-state index contributed by atoms with van der Waals surface area (Å²) in [7, 11) is 0. The molecule has 0 spiro atoms. The lowest BCUT2D eigenvalue weighted by atomic mass is 10.0. The lowest BCUT2D eigenvalue weighted by Gasteiger charge is -2.35. The molecule has 0 aliphatic carbocycles. The van der Waals surface area contributed by atoms with Crippen molar-refractivity contribution in [1.82, 2.24) is 10.2 Å². The quantitative estimate of drug-likeness (QED) is 0.870.